The molecule has 2 fully saturated rings. The SMILES string of the molecule is C=C(C)CN=C(NCC1CCS(=O)(=O)C1)N1CCC(C)(c2ccccc2)C1.I. The second kappa shape index (κ2) is 9.61. The molecule has 1 aromatic carbocycles. The van der Waals surface area contributed by atoms with Crippen LogP contribution in [0.25, 0.3) is 0 Å². The van der Waals surface area contributed by atoms with Gasteiger partial charge in [-0.15, -0.1) is 24.0 Å². The van der Waals surface area contributed by atoms with Crippen molar-refractivity contribution in [1.82, 2.24) is 10.2 Å². The molecule has 0 aromatic heterocycles. The Morgan fingerprint density at radius 3 is 2.68 bits per heavy atom. The van der Waals surface area contributed by atoms with Crippen LogP contribution in [-0.2, 0) is 15.3 Å². The molecule has 156 valence electrons. The minimum atomic E-state index is -2.85. The number of guanidine groups is 1. The number of nitrogens with zero attached hydrogens (tertiary/aromatic N) is 2. The van der Waals surface area contributed by atoms with Gasteiger partial charge >= 0.3 is 0 Å². The maximum Gasteiger partial charge on any atom is 0.194 e. The van der Waals surface area contributed by atoms with Crippen LogP contribution in [0.1, 0.15) is 32.3 Å². The normalized spacial score (nSPS) is 26.7. The topological polar surface area (TPSA) is 61.8 Å². The highest BCUT2D eigenvalue weighted by Crippen LogP contribution is 2.34. The maximum atomic E-state index is 11.7. The molecule has 2 heterocycles. The van der Waals surface area contributed by atoms with Crippen molar-refractivity contribution in [2.24, 2.45) is 10.9 Å². The quantitative estimate of drug-likeness (QED) is 0.282. The van der Waals surface area contributed by atoms with Crippen LogP contribution in [-0.4, -0.2) is 57.0 Å². The summed E-state index contributed by atoms with van der Waals surface area (Å²) in [7, 11) is -2.85. The summed E-state index contributed by atoms with van der Waals surface area (Å²) in [6.45, 7) is 11.3. The van der Waals surface area contributed by atoms with Gasteiger partial charge in [-0.25, -0.2) is 13.4 Å². The van der Waals surface area contributed by atoms with Gasteiger partial charge in [0, 0.05) is 25.0 Å². The largest absolute Gasteiger partial charge is 0.356 e. The van der Waals surface area contributed by atoms with Crippen molar-refractivity contribution in [3.05, 3.63) is 48.0 Å². The highest BCUT2D eigenvalue weighted by molar-refractivity contribution is 14.0. The number of nitrogens with one attached hydrogen (secondary N) is 1. The van der Waals surface area contributed by atoms with Gasteiger partial charge in [0.2, 0.25) is 0 Å². The predicted octanol–water partition coefficient (Wildman–Crippen LogP) is 3.22. The molecule has 0 spiro atoms. The third-order valence-electron chi connectivity index (χ3n) is 5.62. The molecular formula is C21H32IN3O2S. The third-order valence-corrected chi connectivity index (χ3v) is 7.45. The molecule has 0 bridgehead atoms. The van der Waals surface area contributed by atoms with Gasteiger partial charge in [0.15, 0.2) is 15.8 Å². The van der Waals surface area contributed by atoms with Gasteiger partial charge in [-0.1, -0.05) is 49.4 Å². The number of hydrogen-bond donors (Lipinski definition) is 1. The average molecular weight is 517 g/mol. The Bertz CT molecular complexity index is 810. The van der Waals surface area contributed by atoms with E-state index in [2.05, 4.69) is 54.1 Å². The van der Waals surface area contributed by atoms with Crippen molar-refractivity contribution < 1.29 is 8.42 Å². The molecule has 1 N–H and O–H groups in total. The summed E-state index contributed by atoms with van der Waals surface area (Å²) in [5.41, 5.74) is 2.47. The minimum absolute atomic E-state index is 0. The first-order valence-corrected chi connectivity index (χ1v) is 11.5. The number of rotatable bonds is 5. The van der Waals surface area contributed by atoms with Gasteiger partial charge in [0.25, 0.3) is 0 Å². The summed E-state index contributed by atoms with van der Waals surface area (Å²) < 4.78 is 23.4. The van der Waals surface area contributed by atoms with Gasteiger partial charge in [-0.2, -0.15) is 0 Å². The zero-order valence-electron chi connectivity index (χ0n) is 16.9. The Morgan fingerprint density at radius 1 is 1.36 bits per heavy atom. The zero-order chi connectivity index (χ0) is 19.5. The van der Waals surface area contributed by atoms with E-state index in [0.29, 0.717) is 18.8 Å². The van der Waals surface area contributed by atoms with Crippen LogP contribution < -0.4 is 5.32 Å². The van der Waals surface area contributed by atoms with Crippen LogP contribution in [0.3, 0.4) is 0 Å². The Balaban J connectivity index is 0.00000280. The van der Waals surface area contributed by atoms with Gasteiger partial charge in [0.1, 0.15) is 0 Å². The van der Waals surface area contributed by atoms with Crippen LogP contribution in [0.4, 0.5) is 0 Å². The molecule has 0 amide bonds. The lowest BCUT2D eigenvalue weighted by Crippen LogP contribution is -2.43. The van der Waals surface area contributed by atoms with E-state index < -0.39 is 9.84 Å². The minimum Gasteiger partial charge on any atom is -0.356 e. The Morgan fingerprint density at radius 2 is 2.07 bits per heavy atom. The number of likely N-dealkylation sites (tertiary alicyclic amines) is 1. The molecule has 5 nitrogen and oxygen atoms in total. The molecular weight excluding hydrogens is 485 g/mol. The molecule has 2 saturated heterocycles. The smallest absolute Gasteiger partial charge is 0.194 e. The number of benzene rings is 1. The van der Waals surface area contributed by atoms with Crippen molar-refractivity contribution in [1.29, 1.82) is 0 Å². The zero-order valence-corrected chi connectivity index (χ0v) is 20.0. The number of hydrogen-bond acceptors (Lipinski definition) is 3. The summed E-state index contributed by atoms with van der Waals surface area (Å²) in [5.74, 6) is 1.65. The molecule has 0 aliphatic carbocycles. The number of sulfone groups is 1. The lowest BCUT2D eigenvalue weighted by molar-refractivity contribution is 0.432. The molecule has 2 aliphatic rings. The van der Waals surface area contributed by atoms with Crippen LogP contribution >= 0.6 is 24.0 Å². The van der Waals surface area contributed by atoms with Crippen molar-refractivity contribution in [3.63, 3.8) is 0 Å². The highest BCUT2D eigenvalue weighted by atomic mass is 127. The van der Waals surface area contributed by atoms with Crippen molar-refractivity contribution in [2.45, 2.75) is 32.1 Å². The molecule has 0 radical (unpaired) electrons. The number of halogens is 1. The molecule has 7 heteroatoms. The Hall–Kier alpha value is -1.09. The van der Waals surface area contributed by atoms with E-state index in [1.54, 1.807) is 0 Å². The number of aliphatic imine (C=N–C) groups is 1. The monoisotopic (exact) mass is 517 g/mol. The standard InChI is InChI=1S/C21H31N3O2S.HI/c1-17(2)13-22-20(23-14-18-9-12-27(25,26)15-18)24-11-10-21(3,16-24)19-7-5-4-6-8-19;/h4-8,18H,1,9-16H2,2-3H3,(H,22,23);1H. The Kier molecular flexibility index (Phi) is 7.96. The van der Waals surface area contributed by atoms with Crippen molar-refractivity contribution in [3.8, 4) is 0 Å². The van der Waals surface area contributed by atoms with Gasteiger partial charge in [-0.05, 0) is 31.2 Å². The molecule has 2 aliphatic heterocycles. The van der Waals surface area contributed by atoms with E-state index in [9.17, 15) is 8.42 Å². The fourth-order valence-corrected chi connectivity index (χ4v) is 5.83. The molecule has 2 atom stereocenters. The van der Waals surface area contributed by atoms with Gasteiger partial charge in [0.05, 0.1) is 18.1 Å². The van der Waals surface area contributed by atoms with E-state index in [0.717, 1.165) is 37.5 Å². The summed E-state index contributed by atoms with van der Waals surface area (Å²) >= 11 is 0. The predicted molar refractivity (Wildman–Crippen MR) is 127 cm³/mol. The lowest BCUT2D eigenvalue weighted by Gasteiger charge is -2.27. The highest BCUT2D eigenvalue weighted by Gasteiger charge is 2.37. The molecule has 0 saturated carbocycles. The first-order chi connectivity index (χ1) is 12.8. The first kappa shape index (κ1) is 23.2. The van der Waals surface area contributed by atoms with Crippen LogP contribution in [0, 0.1) is 5.92 Å². The average Bonchev–Trinajstić information content (AvgIpc) is 3.19. The second-order valence-electron chi connectivity index (χ2n) is 8.35. The van der Waals surface area contributed by atoms with E-state index >= 15 is 0 Å². The fourth-order valence-electron chi connectivity index (χ4n) is 3.96. The van der Waals surface area contributed by atoms with Crippen LogP contribution in [0.15, 0.2) is 47.5 Å². The fraction of sp³-hybridized carbons (Fsp3) is 0.571. The Labute approximate surface area is 186 Å². The van der Waals surface area contributed by atoms with E-state index in [1.807, 2.05) is 6.92 Å². The maximum absolute atomic E-state index is 11.7. The second-order valence-corrected chi connectivity index (χ2v) is 10.6. The van der Waals surface area contributed by atoms with Crippen molar-refractivity contribution in [2.75, 3.05) is 37.7 Å². The van der Waals surface area contributed by atoms with Crippen LogP contribution in [0.2, 0.25) is 0 Å². The van der Waals surface area contributed by atoms with Gasteiger partial charge < -0.3 is 10.2 Å². The van der Waals surface area contributed by atoms with E-state index in [1.165, 1.54) is 5.56 Å². The van der Waals surface area contributed by atoms with E-state index in [-0.39, 0.29) is 41.1 Å². The molecule has 3 rings (SSSR count). The summed E-state index contributed by atoms with van der Waals surface area (Å²) in [5, 5.41) is 3.46. The van der Waals surface area contributed by atoms with Gasteiger partial charge in [-0.3, -0.25) is 0 Å². The first-order valence-electron chi connectivity index (χ1n) is 9.71. The summed E-state index contributed by atoms with van der Waals surface area (Å²) in [4.78, 5) is 7.05. The lowest BCUT2D eigenvalue weighted by atomic mass is 9.82. The molecule has 2 unspecified atom stereocenters. The molecule has 1 aromatic rings. The molecule has 28 heavy (non-hydrogen) atoms. The van der Waals surface area contributed by atoms with Crippen molar-refractivity contribution >= 4 is 39.8 Å². The summed E-state index contributed by atoms with van der Waals surface area (Å²) in [6.07, 6.45) is 1.81. The van der Waals surface area contributed by atoms with E-state index in [4.69, 9.17) is 4.99 Å². The summed E-state index contributed by atoms with van der Waals surface area (Å²) in [6, 6.07) is 10.6. The third kappa shape index (κ3) is 5.95. The van der Waals surface area contributed by atoms with Crippen LogP contribution in [0.5, 0.6) is 0 Å².